The second-order valence-electron chi connectivity index (χ2n) is 8.69. The quantitative estimate of drug-likeness (QED) is 0.428. The first-order valence-electron chi connectivity index (χ1n) is 10.8. The van der Waals surface area contributed by atoms with Crippen molar-refractivity contribution in [2.75, 3.05) is 13.2 Å². The van der Waals surface area contributed by atoms with Crippen LogP contribution in [0.5, 0.6) is 0 Å². The minimum Gasteiger partial charge on any atom is -0.380 e. The lowest BCUT2D eigenvalue weighted by Gasteiger charge is -2.31. The molecule has 1 unspecified atom stereocenters. The van der Waals surface area contributed by atoms with E-state index in [0.29, 0.717) is 31.9 Å². The predicted octanol–water partition coefficient (Wildman–Crippen LogP) is 2.63. The zero-order chi connectivity index (χ0) is 23.5. The molecular weight excluding hydrogens is 474 g/mol. The van der Waals surface area contributed by atoms with Gasteiger partial charge < -0.3 is 9.64 Å². The second-order valence-corrected chi connectivity index (χ2v) is 11.4. The predicted molar refractivity (Wildman–Crippen MR) is 125 cm³/mol. The lowest BCUT2D eigenvalue weighted by atomic mass is 9.79. The van der Waals surface area contributed by atoms with Crippen LogP contribution in [0.15, 0.2) is 53.1 Å². The van der Waals surface area contributed by atoms with Gasteiger partial charge in [0.05, 0.1) is 39.5 Å². The maximum Gasteiger partial charge on any atom is 0.283 e. The van der Waals surface area contributed by atoms with Gasteiger partial charge in [-0.1, -0.05) is 6.07 Å². The Bertz CT molecular complexity index is 1490. The number of thiazole rings is 1. The SMILES string of the molecule is Cc1ccc(C2(C(=O)N3Cc4cn(S(=O)(=O)c5ccc6ncsc6c5)nc4C3)CCOC2)cn1. The van der Waals surface area contributed by atoms with Gasteiger partial charge in [-0.3, -0.25) is 9.78 Å². The largest absolute Gasteiger partial charge is 0.380 e. The van der Waals surface area contributed by atoms with Crippen LogP contribution >= 0.6 is 11.3 Å². The minimum atomic E-state index is -3.85. The number of aromatic nitrogens is 4. The van der Waals surface area contributed by atoms with Crippen LogP contribution in [0.25, 0.3) is 10.2 Å². The Morgan fingerprint density at radius 3 is 2.79 bits per heavy atom. The number of ether oxygens (including phenoxy) is 1. The van der Waals surface area contributed by atoms with E-state index in [-0.39, 0.29) is 17.3 Å². The van der Waals surface area contributed by atoms with Crippen molar-refractivity contribution in [3.8, 4) is 0 Å². The van der Waals surface area contributed by atoms with Crippen LogP contribution in [0.1, 0.15) is 28.9 Å². The normalized spacial score (nSPS) is 20.2. The summed E-state index contributed by atoms with van der Waals surface area (Å²) in [7, 11) is -3.85. The standard InChI is InChI=1S/C23H21N5O4S2/c1-15-2-3-17(9-24-15)23(6-7-32-13-23)22(29)27-10-16-11-28(26-20(16)12-27)34(30,31)18-4-5-19-21(8-18)33-14-25-19/h2-5,8-9,11,14H,6-7,10,12-13H2,1H3. The number of rotatable bonds is 4. The second kappa shape index (κ2) is 7.69. The van der Waals surface area contributed by atoms with Crippen LogP contribution in [-0.2, 0) is 38.1 Å². The molecule has 9 nitrogen and oxygen atoms in total. The number of amides is 1. The summed E-state index contributed by atoms with van der Waals surface area (Å²) in [6.07, 6.45) is 3.85. The van der Waals surface area contributed by atoms with Gasteiger partial charge in [0.15, 0.2) is 0 Å². The van der Waals surface area contributed by atoms with Crippen LogP contribution in [0.4, 0.5) is 0 Å². The van der Waals surface area contributed by atoms with E-state index in [4.69, 9.17) is 4.74 Å². The van der Waals surface area contributed by atoms with Gasteiger partial charge in [-0.15, -0.1) is 11.3 Å². The number of hydrogen-bond donors (Lipinski definition) is 0. The van der Waals surface area contributed by atoms with Crippen LogP contribution < -0.4 is 0 Å². The Morgan fingerprint density at radius 1 is 1.18 bits per heavy atom. The van der Waals surface area contributed by atoms with E-state index in [0.717, 1.165) is 31.1 Å². The van der Waals surface area contributed by atoms with E-state index in [1.54, 1.807) is 34.8 Å². The molecule has 6 rings (SSSR count). The molecule has 0 bridgehead atoms. The molecular formula is C23H21N5O4S2. The van der Waals surface area contributed by atoms with Crippen LogP contribution in [0, 0.1) is 6.92 Å². The zero-order valence-corrected chi connectivity index (χ0v) is 20.0. The van der Waals surface area contributed by atoms with E-state index in [1.165, 1.54) is 17.5 Å². The first-order valence-corrected chi connectivity index (χ1v) is 13.2. The lowest BCUT2D eigenvalue weighted by Crippen LogP contribution is -2.45. The highest BCUT2D eigenvalue weighted by atomic mass is 32.2. The number of nitrogens with zero attached hydrogens (tertiary/aromatic N) is 5. The van der Waals surface area contributed by atoms with Gasteiger partial charge in [0.2, 0.25) is 5.91 Å². The molecule has 1 amide bonds. The summed E-state index contributed by atoms with van der Waals surface area (Å²) in [5, 5.41) is 4.35. The van der Waals surface area contributed by atoms with Crippen LogP contribution in [-0.4, -0.2) is 51.6 Å². The van der Waals surface area contributed by atoms with E-state index in [1.807, 2.05) is 19.1 Å². The summed E-state index contributed by atoms with van der Waals surface area (Å²) in [4.78, 5) is 24.1. The third-order valence-electron chi connectivity index (χ3n) is 6.59. The molecule has 4 aromatic rings. The van der Waals surface area contributed by atoms with E-state index >= 15 is 0 Å². The number of aryl methyl sites for hydroxylation is 1. The summed E-state index contributed by atoms with van der Waals surface area (Å²) < 4.78 is 33.8. The summed E-state index contributed by atoms with van der Waals surface area (Å²) in [6.45, 7) is 3.28. The number of carbonyl (C=O) groups excluding carboxylic acids is 1. The maximum atomic E-state index is 13.7. The molecule has 174 valence electrons. The Kier molecular flexibility index (Phi) is 4.84. The fourth-order valence-corrected chi connectivity index (χ4v) is 6.62. The summed E-state index contributed by atoms with van der Waals surface area (Å²) in [5.41, 5.74) is 4.71. The Hall–Kier alpha value is -3.15. The molecule has 2 aliphatic heterocycles. The first kappa shape index (κ1) is 21.4. The molecule has 5 heterocycles. The van der Waals surface area contributed by atoms with Gasteiger partial charge >= 0.3 is 0 Å². The van der Waals surface area contributed by atoms with Crippen molar-refractivity contribution in [2.24, 2.45) is 0 Å². The third-order valence-corrected chi connectivity index (χ3v) is 8.91. The van der Waals surface area contributed by atoms with Crippen molar-refractivity contribution in [3.63, 3.8) is 0 Å². The van der Waals surface area contributed by atoms with Gasteiger partial charge in [0.1, 0.15) is 5.41 Å². The van der Waals surface area contributed by atoms with Gasteiger partial charge in [0.25, 0.3) is 10.0 Å². The number of fused-ring (bicyclic) bond motifs is 2. The minimum absolute atomic E-state index is 0.0429. The van der Waals surface area contributed by atoms with Crippen molar-refractivity contribution in [3.05, 3.63) is 70.8 Å². The third kappa shape index (κ3) is 3.26. The molecule has 0 saturated carbocycles. The molecule has 1 saturated heterocycles. The summed E-state index contributed by atoms with van der Waals surface area (Å²) in [6, 6.07) is 8.69. The average Bonchev–Trinajstić information content (AvgIpc) is 3.62. The summed E-state index contributed by atoms with van der Waals surface area (Å²) in [5.74, 6) is -0.0429. The smallest absolute Gasteiger partial charge is 0.283 e. The lowest BCUT2D eigenvalue weighted by molar-refractivity contribution is -0.138. The van der Waals surface area contributed by atoms with E-state index < -0.39 is 15.4 Å². The molecule has 34 heavy (non-hydrogen) atoms. The molecule has 11 heteroatoms. The maximum absolute atomic E-state index is 13.7. The average molecular weight is 496 g/mol. The topological polar surface area (TPSA) is 107 Å². The van der Waals surface area contributed by atoms with Crippen molar-refractivity contribution in [2.45, 2.75) is 36.7 Å². The number of benzene rings is 1. The van der Waals surface area contributed by atoms with Crippen molar-refractivity contribution in [1.82, 2.24) is 24.1 Å². The molecule has 0 aliphatic carbocycles. The number of hydrogen-bond acceptors (Lipinski definition) is 8. The first-order chi connectivity index (χ1) is 16.4. The Morgan fingerprint density at radius 2 is 2.06 bits per heavy atom. The van der Waals surface area contributed by atoms with Gasteiger partial charge in [0, 0.05) is 36.8 Å². The van der Waals surface area contributed by atoms with Gasteiger partial charge in [-0.05, 0) is 43.2 Å². The zero-order valence-electron chi connectivity index (χ0n) is 18.3. The molecule has 3 aromatic heterocycles. The molecule has 1 atom stereocenters. The van der Waals surface area contributed by atoms with Crippen molar-refractivity contribution in [1.29, 1.82) is 0 Å². The van der Waals surface area contributed by atoms with Crippen molar-refractivity contribution >= 4 is 37.5 Å². The number of pyridine rings is 1. The molecule has 1 fully saturated rings. The highest BCUT2D eigenvalue weighted by Gasteiger charge is 2.47. The van der Waals surface area contributed by atoms with Crippen LogP contribution in [0.3, 0.4) is 0 Å². The molecule has 0 spiro atoms. The highest BCUT2D eigenvalue weighted by Crippen LogP contribution is 2.37. The van der Waals surface area contributed by atoms with Gasteiger partial charge in [-0.2, -0.15) is 17.6 Å². The molecule has 0 radical (unpaired) electrons. The monoisotopic (exact) mass is 495 g/mol. The fourth-order valence-electron chi connectivity index (χ4n) is 4.64. The number of carbonyl (C=O) groups is 1. The summed E-state index contributed by atoms with van der Waals surface area (Å²) >= 11 is 1.39. The highest BCUT2D eigenvalue weighted by molar-refractivity contribution is 7.89. The molecule has 2 aliphatic rings. The Labute approximate surface area is 200 Å². The van der Waals surface area contributed by atoms with E-state index in [2.05, 4.69) is 15.1 Å². The fraction of sp³-hybridized carbons (Fsp3) is 0.304. The van der Waals surface area contributed by atoms with Gasteiger partial charge in [-0.25, -0.2) is 4.98 Å². The van der Waals surface area contributed by atoms with Crippen molar-refractivity contribution < 1.29 is 17.9 Å². The molecule has 1 aromatic carbocycles. The molecule has 0 N–H and O–H groups in total. The Balaban J connectivity index is 1.27. The van der Waals surface area contributed by atoms with Crippen LogP contribution in [0.2, 0.25) is 0 Å². The van der Waals surface area contributed by atoms with E-state index in [9.17, 15) is 13.2 Å².